The van der Waals surface area contributed by atoms with Crippen molar-refractivity contribution in [1.82, 2.24) is 24.7 Å². The normalized spacial score (nSPS) is 17.0. The summed E-state index contributed by atoms with van der Waals surface area (Å²) < 4.78 is 47.0. The second kappa shape index (κ2) is 7.19. The minimum Gasteiger partial charge on any atom is -0.361 e. The molecule has 0 aliphatic carbocycles. The molecule has 31 heavy (non-hydrogen) atoms. The molecule has 0 saturated carbocycles. The van der Waals surface area contributed by atoms with Crippen LogP contribution in [0.5, 0.6) is 0 Å². The lowest BCUT2D eigenvalue weighted by atomic mass is 10.1. The van der Waals surface area contributed by atoms with E-state index in [4.69, 9.17) is 4.52 Å². The van der Waals surface area contributed by atoms with Crippen LogP contribution in [0.25, 0.3) is 16.2 Å². The summed E-state index contributed by atoms with van der Waals surface area (Å²) in [5, 5.41) is 9.74. The highest BCUT2D eigenvalue weighted by Crippen LogP contribution is 2.35. The molecule has 1 amide bonds. The van der Waals surface area contributed by atoms with E-state index in [9.17, 15) is 18.0 Å². The van der Waals surface area contributed by atoms with Gasteiger partial charge >= 0.3 is 6.18 Å². The summed E-state index contributed by atoms with van der Waals surface area (Å²) in [5.74, 6) is 0.168. The van der Waals surface area contributed by atoms with Crippen molar-refractivity contribution in [2.45, 2.75) is 32.0 Å². The van der Waals surface area contributed by atoms with Crippen LogP contribution in [0.2, 0.25) is 0 Å². The van der Waals surface area contributed by atoms with Gasteiger partial charge in [-0.05, 0) is 37.3 Å². The highest BCUT2D eigenvalue weighted by Gasteiger charge is 2.37. The van der Waals surface area contributed by atoms with E-state index in [1.165, 1.54) is 17.4 Å². The Hall–Kier alpha value is -3.21. The first kappa shape index (κ1) is 19.7. The summed E-state index contributed by atoms with van der Waals surface area (Å²) >= 11 is 1.29. The van der Waals surface area contributed by atoms with Crippen LogP contribution in [0.4, 0.5) is 13.2 Å². The Morgan fingerprint density at radius 3 is 2.81 bits per heavy atom. The predicted molar refractivity (Wildman–Crippen MR) is 106 cm³/mol. The molecule has 5 heterocycles. The van der Waals surface area contributed by atoms with Crippen molar-refractivity contribution in [2.75, 3.05) is 6.54 Å². The van der Waals surface area contributed by atoms with Gasteiger partial charge in [-0.25, -0.2) is 9.50 Å². The van der Waals surface area contributed by atoms with E-state index < -0.39 is 17.8 Å². The van der Waals surface area contributed by atoms with Crippen LogP contribution < -0.4 is 0 Å². The number of halogens is 3. The van der Waals surface area contributed by atoms with E-state index in [0.717, 1.165) is 12.5 Å². The Bertz CT molecular complexity index is 1260. The minimum atomic E-state index is -4.66. The highest BCUT2D eigenvalue weighted by atomic mass is 32.1. The van der Waals surface area contributed by atoms with Gasteiger partial charge in [0.05, 0.1) is 16.6 Å². The third-order valence-electron chi connectivity index (χ3n) is 5.21. The lowest BCUT2D eigenvalue weighted by Crippen LogP contribution is -2.31. The van der Waals surface area contributed by atoms with Crippen molar-refractivity contribution < 1.29 is 22.5 Å². The summed E-state index contributed by atoms with van der Waals surface area (Å²) in [4.78, 5) is 19.7. The molecule has 1 aliphatic heterocycles. The number of likely N-dealkylation sites (tertiary alicyclic amines) is 1. The number of nitrogens with zero attached hydrogens (tertiary/aromatic N) is 5. The van der Waals surface area contributed by atoms with E-state index >= 15 is 0 Å². The zero-order valence-electron chi connectivity index (χ0n) is 16.3. The van der Waals surface area contributed by atoms with Crippen LogP contribution in [0.1, 0.15) is 46.5 Å². The largest absolute Gasteiger partial charge is 0.433 e. The average Bonchev–Trinajstić information content (AvgIpc) is 3.51. The Morgan fingerprint density at radius 2 is 2.13 bits per heavy atom. The maximum absolute atomic E-state index is 13.7. The number of aromatic nitrogens is 4. The molecule has 0 unspecified atom stereocenters. The maximum Gasteiger partial charge on any atom is 0.433 e. The summed E-state index contributed by atoms with van der Waals surface area (Å²) in [5.41, 5.74) is -0.292. The van der Waals surface area contributed by atoms with Crippen molar-refractivity contribution in [3.63, 3.8) is 0 Å². The van der Waals surface area contributed by atoms with Gasteiger partial charge in [0.1, 0.15) is 11.5 Å². The van der Waals surface area contributed by atoms with E-state index in [1.807, 2.05) is 0 Å². The summed E-state index contributed by atoms with van der Waals surface area (Å²) in [7, 11) is 0. The summed E-state index contributed by atoms with van der Waals surface area (Å²) in [6.45, 7) is 2.22. The van der Waals surface area contributed by atoms with Gasteiger partial charge in [-0.3, -0.25) is 4.79 Å². The molecule has 11 heteroatoms. The summed E-state index contributed by atoms with van der Waals surface area (Å²) in [6, 6.07) is 7.15. The van der Waals surface area contributed by atoms with E-state index in [2.05, 4.69) is 15.2 Å². The number of carbonyl (C=O) groups excluding carboxylic acids is 1. The zero-order chi connectivity index (χ0) is 21.8. The first-order valence-corrected chi connectivity index (χ1v) is 10.5. The maximum atomic E-state index is 13.7. The quantitative estimate of drug-likeness (QED) is 0.453. The molecule has 1 atom stereocenters. The predicted octanol–water partition coefficient (Wildman–Crippen LogP) is 4.75. The second-order valence-corrected chi connectivity index (χ2v) is 8.27. The van der Waals surface area contributed by atoms with Crippen molar-refractivity contribution in [2.24, 2.45) is 0 Å². The van der Waals surface area contributed by atoms with Gasteiger partial charge < -0.3 is 9.42 Å². The number of alkyl halides is 3. The van der Waals surface area contributed by atoms with Crippen molar-refractivity contribution in [1.29, 1.82) is 0 Å². The third-order valence-corrected chi connectivity index (χ3v) is 6.10. The number of hydrogen-bond donors (Lipinski definition) is 0. The Morgan fingerprint density at radius 1 is 1.29 bits per heavy atom. The van der Waals surface area contributed by atoms with E-state index in [0.29, 0.717) is 33.8 Å². The van der Waals surface area contributed by atoms with Crippen LogP contribution in [0, 0.1) is 6.92 Å². The standard InChI is InChI=1S/C20H16F3N5O2S/c1-11-8-12(26-30-11)15-4-2-6-27(15)19(29)14-10-18-24-13(16-5-3-7-31-16)9-17(20(21,22)23)28(18)25-14/h3,5,7-10,15H,2,4,6H2,1H3/t15-/m1/s1. The van der Waals surface area contributed by atoms with E-state index in [1.54, 1.807) is 35.4 Å². The molecule has 1 aliphatic rings. The molecule has 7 nitrogen and oxygen atoms in total. The highest BCUT2D eigenvalue weighted by molar-refractivity contribution is 7.13. The molecule has 0 spiro atoms. The SMILES string of the molecule is Cc1cc([C@H]2CCCN2C(=O)c2cc3nc(-c4cccs4)cc(C(F)(F)F)n3n2)no1. The number of hydrogen-bond acceptors (Lipinski definition) is 6. The Kier molecular flexibility index (Phi) is 4.58. The first-order valence-electron chi connectivity index (χ1n) is 9.57. The lowest BCUT2D eigenvalue weighted by Gasteiger charge is -2.21. The molecule has 5 rings (SSSR count). The lowest BCUT2D eigenvalue weighted by molar-refractivity contribution is -0.142. The second-order valence-electron chi connectivity index (χ2n) is 7.32. The molecule has 4 aromatic rings. The van der Waals surface area contributed by atoms with E-state index in [-0.39, 0.29) is 23.1 Å². The van der Waals surface area contributed by atoms with Crippen LogP contribution in [0.15, 0.2) is 40.2 Å². The van der Waals surface area contributed by atoms with Crippen LogP contribution in [0.3, 0.4) is 0 Å². The molecule has 0 bridgehead atoms. The smallest absolute Gasteiger partial charge is 0.361 e. The molecule has 4 aromatic heterocycles. The fraction of sp³-hybridized carbons (Fsp3) is 0.300. The molecular weight excluding hydrogens is 431 g/mol. The third kappa shape index (κ3) is 3.48. The number of carbonyl (C=O) groups is 1. The van der Waals surface area contributed by atoms with Gasteiger partial charge in [-0.15, -0.1) is 11.3 Å². The van der Waals surface area contributed by atoms with Gasteiger partial charge in [-0.1, -0.05) is 11.2 Å². The van der Waals surface area contributed by atoms with Crippen molar-refractivity contribution in [3.05, 3.63) is 58.6 Å². The van der Waals surface area contributed by atoms with Crippen LogP contribution in [-0.2, 0) is 6.18 Å². The number of amides is 1. The number of thiophene rings is 1. The monoisotopic (exact) mass is 447 g/mol. The Balaban J connectivity index is 1.57. The Labute approximate surface area is 178 Å². The molecule has 0 N–H and O–H groups in total. The average molecular weight is 447 g/mol. The van der Waals surface area contributed by atoms with Crippen molar-refractivity contribution in [3.8, 4) is 10.6 Å². The fourth-order valence-electron chi connectivity index (χ4n) is 3.84. The molecule has 0 aromatic carbocycles. The van der Waals surface area contributed by atoms with Gasteiger partial charge in [0, 0.05) is 18.7 Å². The molecule has 0 radical (unpaired) electrons. The molecule has 1 fully saturated rings. The van der Waals surface area contributed by atoms with Gasteiger partial charge in [0.15, 0.2) is 17.0 Å². The van der Waals surface area contributed by atoms with Gasteiger partial charge in [0.25, 0.3) is 5.91 Å². The number of rotatable bonds is 3. The van der Waals surface area contributed by atoms with Crippen LogP contribution >= 0.6 is 11.3 Å². The summed E-state index contributed by atoms with van der Waals surface area (Å²) in [6.07, 6.45) is -3.21. The van der Waals surface area contributed by atoms with Crippen LogP contribution in [-0.4, -0.2) is 37.1 Å². The topological polar surface area (TPSA) is 76.5 Å². The van der Waals surface area contributed by atoms with Crippen molar-refractivity contribution >= 4 is 22.9 Å². The molecule has 1 saturated heterocycles. The van der Waals surface area contributed by atoms with Gasteiger partial charge in [0.2, 0.25) is 0 Å². The minimum absolute atomic E-state index is 0.0328. The zero-order valence-corrected chi connectivity index (χ0v) is 17.1. The molecular formula is C20H16F3N5O2S. The fourth-order valence-corrected chi connectivity index (χ4v) is 4.52. The molecule has 160 valence electrons. The number of aryl methyl sites for hydroxylation is 1. The van der Waals surface area contributed by atoms with Gasteiger partial charge in [-0.2, -0.15) is 18.3 Å². The number of fused-ring (bicyclic) bond motifs is 1. The first-order chi connectivity index (χ1) is 14.8.